The molecule has 0 saturated carbocycles. The van der Waals surface area contributed by atoms with E-state index in [-0.39, 0.29) is 5.91 Å². The van der Waals surface area contributed by atoms with Gasteiger partial charge >= 0.3 is 0 Å². The van der Waals surface area contributed by atoms with E-state index in [9.17, 15) is 4.79 Å². The fourth-order valence-electron chi connectivity index (χ4n) is 4.06. The molecule has 2 atom stereocenters. The predicted molar refractivity (Wildman–Crippen MR) is 115 cm³/mol. The molecule has 2 aromatic heterocycles. The van der Waals surface area contributed by atoms with E-state index in [1.54, 1.807) is 18.5 Å². The van der Waals surface area contributed by atoms with E-state index in [1.807, 2.05) is 64.3 Å². The van der Waals surface area contributed by atoms with E-state index in [4.69, 9.17) is 5.10 Å². The molecule has 1 aromatic carbocycles. The summed E-state index contributed by atoms with van der Waals surface area (Å²) in [5.74, 6) is 1.15. The number of rotatable bonds is 4. The zero-order valence-corrected chi connectivity index (χ0v) is 16.9. The Morgan fingerprint density at radius 3 is 2.52 bits per heavy atom. The number of benzene rings is 1. The summed E-state index contributed by atoms with van der Waals surface area (Å²) in [5, 5.41) is 4.77. The van der Waals surface area contributed by atoms with Gasteiger partial charge in [0, 0.05) is 48.9 Å². The first kappa shape index (κ1) is 19.1. The van der Waals surface area contributed by atoms with Crippen LogP contribution in [0.15, 0.2) is 67.1 Å². The lowest BCUT2D eigenvalue weighted by atomic mass is 9.92. The van der Waals surface area contributed by atoms with Crippen molar-refractivity contribution in [2.45, 2.75) is 20.3 Å². The second kappa shape index (κ2) is 8.43. The van der Waals surface area contributed by atoms with Crippen molar-refractivity contribution in [1.82, 2.24) is 19.7 Å². The smallest absolute Gasteiger partial charge is 0.246 e. The van der Waals surface area contributed by atoms with Crippen molar-refractivity contribution < 1.29 is 4.79 Å². The van der Waals surface area contributed by atoms with Gasteiger partial charge in [-0.3, -0.25) is 9.78 Å². The van der Waals surface area contributed by atoms with Gasteiger partial charge in [-0.05, 0) is 48.6 Å². The number of aromatic nitrogens is 3. The van der Waals surface area contributed by atoms with Crippen LogP contribution in [0.3, 0.4) is 0 Å². The van der Waals surface area contributed by atoms with Crippen molar-refractivity contribution in [3.63, 3.8) is 0 Å². The molecule has 148 valence electrons. The third-order valence-electron chi connectivity index (χ3n) is 5.28. The first-order chi connectivity index (χ1) is 14.1. The van der Waals surface area contributed by atoms with Gasteiger partial charge in [-0.1, -0.05) is 32.0 Å². The summed E-state index contributed by atoms with van der Waals surface area (Å²) in [7, 11) is 0. The highest BCUT2D eigenvalue weighted by molar-refractivity contribution is 5.93. The number of piperidine rings is 1. The Bertz CT molecular complexity index is 984. The van der Waals surface area contributed by atoms with Gasteiger partial charge in [0.2, 0.25) is 5.91 Å². The van der Waals surface area contributed by atoms with Gasteiger partial charge in [-0.15, -0.1) is 0 Å². The highest BCUT2D eigenvalue weighted by Gasteiger charge is 2.24. The van der Waals surface area contributed by atoms with Crippen molar-refractivity contribution in [3.8, 4) is 16.9 Å². The van der Waals surface area contributed by atoms with Gasteiger partial charge in [0.05, 0.1) is 5.69 Å². The molecule has 2 unspecified atom stereocenters. The number of likely N-dealkylation sites (tertiary alicyclic amines) is 1. The van der Waals surface area contributed by atoms with E-state index >= 15 is 0 Å². The van der Waals surface area contributed by atoms with Crippen LogP contribution >= 0.6 is 0 Å². The maximum absolute atomic E-state index is 12.8. The zero-order chi connectivity index (χ0) is 20.2. The number of hydrogen-bond donors (Lipinski definition) is 0. The van der Waals surface area contributed by atoms with Crippen LogP contribution in [0.5, 0.6) is 0 Å². The fraction of sp³-hybridized carbons (Fsp3) is 0.292. The maximum atomic E-state index is 12.8. The summed E-state index contributed by atoms with van der Waals surface area (Å²) in [4.78, 5) is 19.0. The minimum absolute atomic E-state index is 0.0630. The monoisotopic (exact) mass is 386 g/mol. The number of hydrogen-bond acceptors (Lipinski definition) is 3. The number of amides is 1. The van der Waals surface area contributed by atoms with Crippen molar-refractivity contribution in [1.29, 1.82) is 0 Å². The van der Waals surface area contributed by atoms with Crippen molar-refractivity contribution in [3.05, 3.63) is 72.7 Å². The number of carbonyl (C=O) groups is 1. The maximum Gasteiger partial charge on any atom is 0.246 e. The van der Waals surface area contributed by atoms with Gasteiger partial charge in [0.25, 0.3) is 0 Å². The van der Waals surface area contributed by atoms with E-state index in [1.165, 1.54) is 6.42 Å². The third kappa shape index (κ3) is 4.45. The number of para-hydroxylation sites is 1. The van der Waals surface area contributed by atoms with Crippen LogP contribution in [0.4, 0.5) is 0 Å². The number of carbonyl (C=O) groups excluding carboxylic acids is 1. The van der Waals surface area contributed by atoms with Gasteiger partial charge in [0.1, 0.15) is 5.69 Å². The van der Waals surface area contributed by atoms with Gasteiger partial charge in [-0.25, -0.2) is 4.68 Å². The lowest BCUT2D eigenvalue weighted by Gasteiger charge is -2.34. The van der Waals surface area contributed by atoms with E-state index in [0.717, 1.165) is 35.6 Å². The van der Waals surface area contributed by atoms with Gasteiger partial charge in [0.15, 0.2) is 0 Å². The molecular weight excluding hydrogens is 360 g/mol. The minimum Gasteiger partial charge on any atom is -0.339 e. The summed E-state index contributed by atoms with van der Waals surface area (Å²) in [6.07, 6.45) is 10.2. The molecular formula is C24H26N4O. The molecule has 5 nitrogen and oxygen atoms in total. The van der Waals surface area contributed by atoms with Crippen LogP contribution in [0, 0.1) is 11.8 Å². The van der Waals surface area contributed by atoms with Crippen LogP contribution < -0.4 is 0 Å². The predicted octanol–water partition coefficient (Wildman–Crippen LogP) is 4.45. The zero-order valence-electron chi connectivity index (χ0n) is 16.9. The van der Waals surface area contributed by atoms with E-state index in [2.05, 4.69) is 18.8 Å². The van der Waals surface area contributed by atoms with E-state index in [0.29, 0.717) is 11.8 Å². The molecule has 0 radical (unpaired) electrons. The molecule has 1 amide bonds. The quantitative estimate of drug-likeness (QED) is 0.623. The lowest BCUT2D eigenvalue weighted by molar-refractivity contribution is -0.128. The lowest BCUT2D eigenvalue weighted by Crippen LogP contribution is -2.41. The van der Waals surface area contributed by atoms with Crippen LogP contribution in [-0.4, -0.2) is 38.7 Å². The Morgan fingerprint density at radius 1 is 1.07 bits per heavy atom. The second-order valence-corrected chi connectivity index (χ2v) is 7.98. The van der Waals surface area contributed by atoms with Gasteiger partial charge in [-0.2, -0.15) is 5.10 Å². The Kier molecular flexibility index (Phi) is 5.56. The molecule has 3 aromatic rings. The second-order valence-electron chi connectivity index (χ2n) is 7.98. The number of pyridine rings is 1. The SMILES string of the molecule is CC1CC(C)CN(C(=O)/C=C/c2cn(-c3ccccc3)nc2-c2cccnc2)C1. The van der Waals surface area contributed by atoms with Crippen LogP contribution in [-0.2, 0) is 4.79 Å². The Hall–Kier alpha value is -3.21. The average Bonchev–Trinajstić information content (AvgIpc) is 3.17. The molecule has 1 saturated heterocycles. The van der Waals surface area contributed by atoms with Gasteiger partial charge < -0.3 is 4.90 Å². The summed E-state index contributed by atoms with van der Waals surface area (Å²) in [5.41, 5.74) is 3.61. The van der Waals surface area contributed by atoms with Crippen molar-refractivity contribution in [2.75, 3.05) is 13.1 Å². The molecule has 0 N–H and O–H groups in total. The van der Waals surface area contributed by atoms with Crippen LogP contribution in [0.25, 0.3) is 23.0 Å². The average molecular weight is 386 g/mol. The summed E-state index contributed by atoms with van der Waals surface area (Å²) in [6, 6.07) is 13.8. The standard InChI is InChI=1S/C24H26N4O/c1-18-13-19(2)16-27(15-18)23(29)11-10-21-17-28(22-8-4-3-5-9-22)26-24(21)20-7-6-12-25-14-20/h3-12,14,17-19H,13,15-16H2,1-2H3/b11-10+. The normalized spacial score (nSPS) is 19.6. The molecule has 1 fully saturated rings. The summed E-state index contributed by atoms with van der Waals surface area (Å²) < 4.78 is 1.84. The molecule has 0 bridgehead atoms. The minimum atomic E-state index is 0.0630. The molecule has 5 heteroatoms. The summed E-state index contributed by atoms with van der Waals surface area (Å²) >= 11 is 0. The highest BCUT2D eigenvalue weighted by Crippen LogP contribution is 2.25. The highest BCUT2D eigenvalue weighted by atomic mass is 16.2. The Labute approximate surface area is 171 Å². The van der Waals surface area contributed by atoms with E-state index < -0.39 is 0 Å². The number of nitrogens with zero attached hydrogens (tertiary/aromatic N) is 4. The molecule has 0 aliphatic carbocycles. The first-order valence-electron chi connectivity index (χ1n) is 10.1. The molecule has 3 heterocycles. The van der Waals surface area contributed by atoms with Crippen molar-refractivity contribution in [2.24, 2.45) is 11.8 Å². The van der Waals surface area contributed by atoms with Crippen molar-refractivity contribution >= 4 is 12.0 Å². The molecule has 1 aliphatic rings. The topological polar surface area (TPSA) is 51.0 Å². The first-order valence-corrected chi connectivity index (χ1v) is 10.1. The fourth-order valence-corrected chi connectivity index (χ4v) is 4.06. The molecule has 4 rings (SSSR count). The molecule has 29 heavy (non-hydrogen) atoms. The van der Waals surface area contributed by atoms with Crippen LogP contribution in [0.1, 0.15) is 25.8 Å². The van der Waals surface area contributed by atoms with Crippen LogP contribution in [0.2, 0.25) is 0 Å². The molecule has 1 aliphatic heterocycles. The summed E-state index contributed by atoms with van der Waals surface area (Å²) in [6.45, 7) is 6.08. The Morgan fingerprint density at radius 2 is 1.83 bits per heavy atom. The molecule has 0 spiro atoms. The third-order valence-corrected chi connectivity index (χ3v) is 5.28. The Balaban J connectivity index is 1.64. The largest absolute Gasteiger partial charge is 0.339 e.